The number of rotatable bonds is 4. The number of methoxy groups -OCH3 is 1. The number of hydrogen-bond donors (Lipinski definition) is 1. The van der Waals surface area contributed by atoms with E-state index in [0.717, 1.165) is 4.90 Å². The molecule has 1 aromatic rings. The molecular weight excluding hydrogens is 229 g/mol. The predicted molar refractivity (Wildman–Crippen MR) is 61.7 cm³/mol. The summed E-state index contributed by atoms with van der Waals surface area (Å²) in [4.78, 5) is 12.0. The number of carbonyl (C=O) groups excluding carboxylic acids is 1. The van der Waals surface area contributed by atoms with E-state index >= 15 is 0 Å². The number of carbonyl (C=O) groups is 1. The minimum Gasteiger partial charge on any atom is -0.468 e. The Bertz CT molecular complexity index is 356. The summed E-state index contributed by atoms with van der Waals surface area (Å²) in [5, 5.41) is -0.127. The van der Waals surface area contributed by atoms with Gasteiger partial charge in [-0.25, -0.2) is 4.39 Å². The summed E-state index contributed by atoms with van der Waals surface area (Å²) in [5.74, 6) is -0.726. The fraction of sp³-hybridized carbons (Fsp3) is 0.364. The molecule has 16 heavy (non-hydrogen) atoms. The Morgan fingerprint density at radius 3 is 2.50 bits per heavy atom. The molecule has 2 N–H and O–H groups in total. The van der Waals surface area contributed by atoms with Gasteiger partial charge in [0.1, 0.15) is 11.9 Å². The highest BCUT2D eigenvalue weighted by atomic mass is 32.2. The van der Waals surface area contributed by atoms with Gasteiger partial charge in [0.15, 0.2) is 0 Å². The van der Waals surface area contributed by atoms with Crippen LogP contribution in [0.25, 0.3) is 0 Å². The highest BCUT2D eigenvalue weighted by molar-refractivity contribution is 8.00. The third-order valence-electron chi connectivity index (χ3n) is 2.11. The van der Waals surface area contributed by atoms with E-state index in [-0.39, 0.29) is 11.1 Å². The minimum absolute atomic E-state index is 0.127. The second-order valence-electron chi connectivity index (χ2n) is 3.33. The number of nitrogens with two attached hydrogens (primary N) is 1. The first-order valence-corrected chi connectivity index (χ1v) is 5.68. The average Bonchev–Trinajstić information content (AvgIpc) is 2.30. The highest BCUT2D eigenvalue weighted by Gasteiger charge is 2.22. The molecule has 1 rings (SSSR count). The van der Waals surface area contributed by atoms with Crippen LogP contribution in [0.15, 0.2) is 29.2 Å². The number of ether oxygens (including phenoxy) is 1. The monoisotopic (exact) mass is 243 g/mol. The molecule has 0 unspecified atom stereocenters. The van der Waals surface area contributed by atoms with Crippen LogP contribution in [0, 0.1) is 5.82 Å². The quantitative estimate of drug-likeness (QED) is 0.647. The first-order chi connectivity index (χ1) is 7.54. The van der Waals surface area contributed by atoms with Crippen molar-refractivity contribution in [2.45, 2.75) is 23.1 Å². The lowest BCUT2D eigenvalue weighted by atomic mass is 10.2. The summed E-state index contributed by atoms with van der Waals surface area (Å²) >= 11 is 1.41. The molecule has 0 heterocycles. The maximum Gasteiger partial charge on any atom is 0.323 e. The number of esters is 1. The van der Waals surface area contributed by atoms with Crippen molar-refractivity contribution in [3.8, 4) is 0 Å². The number of hydrogen-bond acceptors (Lipinski definition) is 4. The number of benzene rings is 1. The minimum atomic E-state index is -0.681. The Morgan fingerprint density at radius 2 is 2.00 bits per heavy atom. The van der Waals surface area contributed by atoms with Crippen LogP contribution < -0.4 is 5.73 Å². The van der Waals surface area contributed by atoms with Crippen molar-refractivity contribution in [1.29, 1.82) is 0 Å². The normalized spacial score (nSPS) is 14.2. The summed E-state index contributed by atoms with van der Waals surface area (Å²) in [6.07, 6.45) is 0. The topological polar surface area (TPSA) is 52.3 Å². The van der Waals surface area contributed by atoms with E-state index < -0.39 is 12.0 Å². The molecule has 0 bridgehead atoms. The van der Waals surface area contributed by atoms with Gasteiger partial charge in [0.2, 0.25) is 0 Å². The van der Waals surface area contributed by atoms with Crippen LogP contribution in [0.4, 0.5) is 4.39 Å². The van der Waals surface area contributed by atoms with E-state index in [9.17, 15) is 9.18 Å². The van der Waals surface area contributed by atoms with Crippen molar-refractivity contribution in [2.75, 3.05) is 7.11 Å². The fourth-order valence-corrected chi connectivity index (χ4v) is 2.11. The van der Waals surface area contributed by atoms with Crippen LogP contribution in [0.3, 0.4) is 0 Å². The van der Waals surface area contributed by atoms with Crippen LogP contribution >= 0.6 is 11.8 Å². The Balaban J connectivity index is 2.60. The van der Waals surface area contributed by atoms with Crippen molar-refractivity contribution < 1.29 is 13.9 Å². The Kier molecular flexibility index (Phi) is 4.76. The molecular formula is C11H14FNO2S. The van der Waals surface area contributed by atoms with Gasteiger partial charge < -0.3 is 10.5 Å². The lowest BCUT2D eigenvalue weighted by molar-refractivity contribution is -0.142. The maximum absolute atomic E-state index is 12.7. The molecule has 0 saturated carbocycles. The Labute approximate surface area is 98.2 Å². The van der Waals surface area contributed by atoms with Gasteiger partial charge in [-0.2, -0.15) is 0 Å². The molecule has 0 spiro atoms. The molecule has 1 aromatic carbocycles. The first kappa shape index (κ1) is 13.0. The zero-order chi connectivity index (χ0) is 12.1. The molecule has 0 radical (unpaired) electrons. The lowest BCUT2D eigenvalue weighted by Crippen LogP contribution is -2.39. The molecule has 0 aliphatic carbocycles. The predicted octanol–water partition coefficient (Wildman–Crippen LogP) is 1.81. The smallest absolute Gasteiger partial charge is 0.323 e. The van der Waals surface area contributed by atoms with E-state index in [1.807, 2.05) is 6.92 Å². The second kappa shape index (κ2) is 5.86. The van der Waals surface area contributed by atoms with Gasteiger partial charge in [-0.3, -0.25) is 4.79 Å². The van der Waals surface area contributed by atoms with Crippen LogP contribution in [0.2, 0.25) is 0 Å². The zero-order valence-electron chi connectivity index (χ0n) is 9.14. The van der Waals surface area contributed by atoms with E-state index in [2.05, 4.69) is 4.74 Å². The van der Waals surface area contributed by atoms with Crippen molar-refractivity contribution in [3.05, 3.63) is 30.1 Å². The van der Waals surface area contributed by atoms with E-state index in [0.29, 0.717) is 0 Å². The molecule has 2 atom stereocenters. The van der Waals surface area contributed by atoms with Crippen LogP contribution in [0.1, 0.15) is 6.92 Å². The standard InChI is InChI=1S/C11H14FNO2S/c1-7(10(13)11(14)15-2)16-9-5-3-8(12)4-6-9/h3-7,10H,13H2,1-2H3/t7-,10-/m1/s1. The van der Waals surface area contributed by atoms with Gasteiger partial charge in [0, 0.05) is 10.1 Å². The third kappa shape index (κ3) is 3.50. The van der Waals surface area contributed by atoms with Crippen molar-refractivity contribution in [1.82, 2.24) is 0 Å². The third-order valence-corrected chi connectivity index (χ3v) is 3.32. The van der Waals surface area contributed by atoms with Crippen LogP contribution in [0.5, 0.6) is 0 Å². The summed E-state index contributed by atoms with van der Waals surface area (Å²) < 4.78 is 17.2. The highest BCUT2D eigenvalue weighted by Crippen LogP contribution is 2.24. The largest absolute Gasteiger partial charge is 0.468 e. The molecule has 0 aliphatic heterocycles. The molecule has 0 fully saturated rings. The summed E-state index contributed by atoms with van der Waals surface area (Å²) in [6.45, 7) is 1.83. The van der Waals surface area contributed by atoms with Gasteiger partial charge in [-0.15, -0.1) is 11.8 Å². The molecule has 5 heteroatoms. The molecule has 3 nitrogen and oxygen atoms in total. The first-order valence-electron chi connectivity index (χ1n) is 4.80. The fourth-order valence-electron chi connectivity index (χ4n) is 1.13. The second-order valence-corrected chi connectivity index (χ2v) is 4.78. The number of halogens is 1. The van der Waals surface area contributed by atoms with Crippen molar-refractivity contribution >= 4 is 17.7 Å². The van der Waals surface area contributed by atoms with Gasteiger partial charge >= 0.3 is 5.97 Å². The van der Waals surface area contributed by atoms with E-state index in [1.54, 1.807) is 12.1 Å². The summed E-state index contributed by atoms with van der Waals surface area (Å²) in [7, 11) is 1.30. The van der Waals surface area contributed by atoms with E-state index in [1.165, 1.54) is 31.0 Å². The summed E-state index contributed by atoms with van der Waals surface area (Å²) in [6, 6.07) is 5.37. The van der Waals surface area contributed by atoms with Gasteiger partial charge in [0.05, 0.1) is 7.11 Å². The zero-order valence-corrected chi connectivity index (χ0v) is 9.96. The lowest BCUT2D eigenvalue weighted by Gasteiger charge is -2.16. The molecule has 88 valence electrons. The van der Waals surface area contributed by atoms with Crippen LogP contribution in [-0.2, 0) is 9.53 Å². The maximum atomic E-state index is 12.7. The average molecular weight is 243 g/mol. The van der Waals surface area contributed by atoms with Crippen molar-refractivity contribution in [3.63, 3.8) is 0 Å². The Morgan fingerprint density at radius 1 is 1.44 bits per heavy atom. The van der Waals surface area contributed by atoms with E-state index in [4.69, 9.17) is 5.73 Å². The SMILES string of the molecule is COC(=O)[C@H](N)[C@@H](C)Sc1ccc(F)cc1. The summed E-state index contributed by atoms with van der Waals surface area (Å²) in [5.41, 5.74) is 5.68. The Hall–Kier alpha value is -1.07. The van der Waals surface area contributed by atoms with Gasteiger partial charge in [-0.1, -0.05) is 6.92 Å². The molecule has 0 aliphatic rings. The van der Waals surface area contributed by atoms with Crippen LogP contribution in [-0.4, -0.2) is 24.4 Å². The van der Waals surface area contributed by atoms with Gasteiger partial charge in [-0.05, 0) is 24.3 Å². The van der Waals surface area contributed by atoms with Gasteiger partial charge in [0.25, 0.3) is 0 Å². The molecule has 0 aromatic heterocycles. The molecule has 0 saturated heterocycles. The van der Waals surface area contributed by atoms with Crippen molar-refractivity contribution in [2.24, 2.45) is 5.73 Å². The molecule has 0 amide bonds. The number of thioether (sulfide) groups is 1.